The molecule has 10 heteroatoms. The molecule has 0 aliphatic carbocycles. The Labute approximate surface area is 182 Å². The van der Waals surface area contributed by atoms with Crippen molar-refractivity contribution in [2.75, 3.05) is 23.8 Å². The molecule has 0 radical (unpaired) electrons. The number of rotatable bonds is 6. The molecule has 1 aliphatic heterocycles. The van der Waals surface area contributed by atoms with E-state index < -0.39 is 9.84 Å². The standard InChI is InChI=1S/C20H19FN2O4S3/c1-2-30(25,26)13-7-8-17-16(11-13)22-20(27-17)29-12-18(24)23-9-10-28-19(23)14-5-3-4-6-15(14)21/h3-8,11,19H,2,9-10,12H2,1H3/t19-/m0/s1. The van der Waals surface area contributed by atoms with Crippen molar-refractivity contribution in [1.82, 2.24) is 9.88 Å². The number of halogens is 1. The van der Waals surface area contributed by atoms with Crippen LogP contribution in [-0.2, 0) is 14.6 Å². The Bertz CT molecular complexity index is 1200. The molecular formula is C20H19FN2O4S3. The lowest BCUT2D eigenvalue weighted by Crippen LogP contribution is -2.32. The maximum atomic E-state index is 14.2. The van der Waals surface area contributed by atoms with E-state index in [-0.39, 0.29) is 33.5 Å². The SMILES string of the molecule is CCS(=O)(=O)c1ccc2oc(SCC(=O)N3CCS[C@H]3c3ccccc3F)nc2c1. The summed E-state index contributed by atoms with van der Waals surface area (Å²) in [6, 6.07) is 11.0. The van der Waals surface area contributed by atoms with Gasteiger partial charge in [0.25, 0.3) is 5.22 Å². The Morgan fingerprint density at radius 1 is 1.33 bits per heavy atom. The van der Waals surface area contributed by atoms with Crippen LogP contribution in [0.15, 0.2) is 57.0 Å². The zero-order valence-electron chi connectivity index (χ0n) is 16.1. The normalized spacial score (nSPS) is 17.0. The van der Waals surface area contributed by atoms with Gasteiger partial charge in [0.15, 0.2) is 15.4 Å². The average Bonchev–Trinajstić information content (AvgIpc) is 3.38. The summed E-state index contributed by atoms with van der Waals surface area (Å²) in [5.41, 5.74) is 1.39. The summed E-state index contributed by atoms with van der Waals surface area (Å²) in [6.45, 7) is 2.13. The lowest BCUT2D eigenvalue weighted by molar-refractivity contribution is -0.128. The van der Waals surface area contributed by atoms with E-state index in [0.29, 0.717) is 28.4 Å². The van der Waals surface area contributed by atoms with Gasteiger partial charge in [-0.25, -0.2) is 17.8 Å². The van der Waals surface area contributed by atoms with Crippen LogP contribution in [-0.4, -0.2) is 48.0 Å². The number of amides is 1. The molecule has 30 heavy (non-hydrogen) atoms. The molecule has 158 valence electrons. The molecule has 1 amide bonds. The first-order valence-corrected chi connectivity index (χ1v) is 13.0. The first-order chi connectivity index (χ1) is 14.4. The molecule has 1 aromatic heterocycles. The van der Waals surface area contributed by atoms with E-state index in [1.807, 2.05) is 0 Å². The summed E-state index contributed by atoms with van der Waals surface area (Å²) < 4.78 is 43.9. The first kappa shape index (κ1) is 21.2. The zero-order valence-corrected chi connectivity index (χ0v) is 18.5. The van der Waals surface area contributed by atoms with Crippen molar-refractivity contribution >= 4 is 50.4 Å². The molecule has 0 saturated carbocycles. The van der Waals surface area contributed by atoms with Crippen molar-refractivity contribution in [3.63, 3.8) is 0 Å². The minimum atomic E-state index is -3.34. The van der Waals surface area contributed by atoms with Crippen LogP contribution in [0.1, 0.15) is 17.9 Å². The number of carbonyl (C=O) groups excluding carboxylic acids is 1. The highest BCUT2D eigenvalue weighted by molar-refractivity contribution is 8.00. The van der Waals surface area contributed by atoms with Crippen molar-refractivity contribution in [2.45, 2.75) is 22.4 Å². The van der Waals surface area contributed by atoms with E-state index >= 15 is 0 Å². The van der Waals surface area contributed by atoms with Gasteiger partial charge in [0.2, 0.25) is 5.91 Å². The number of nitrogens with zero attached hydrogens (tertiary/aromatic N) is 2. The molecule has 1 atom stereocenters. The number of aromatic nitrogens is 1. The van der Waals surface area contributed by atoms with Crippen molar-refractivity contribution < 1.29 is 22.0 Å². The third-order valence-electron chi connectivity index (χ3n) is 4.78. The van der Waals surface area contributed by atoms with Crippen LogP contribution in [0, 0.1) is 5.82 Å². The molecule has 0 bridgehead atoms. The fraction of sp³-hybridized carbons (Fsp3) is 0.300. The number of thioether (sulfide) groups is 2. The maximum Gasteiger partial charge on any atom is 0.257 e. The number of benzene rings is 2. The fourth-order valence-electron chi connectivity index (χ4n) is 3.17. The molecule has 0 spiro atoms. The van der Waals surface area contributed by atoms with Crippen molar-refractivity contribution in [2.24, 2.45) is 0 Å². The molecule has 0 unspecified atom stereocenters. The molecular weight excluding hydrogens is 447 g/mol. The molecule has 4 rings (SSSR count). The summed E-state index contributed by atoms with van der Waals surface area (Å²) >= 11 is 2.68. The largest absolute Gasteiger partial charge is 0.431 e. The van der Waals surface area contributed by atoms with E-state index in [4.69, 9.17) is 4.42 Å². The first-order valence-electron chi connectivity index (χ1n) is 9.30. The summed E-state index contributed by atoms with van der Waals surface area (Å²) in [5, 5.41) is -0.0524. The van der Waals surface area contributed by atoms with Gasteiger partial charge in [-0.05, 0) is 24.3 Å². The second-order valence-electron chi connectivity index (χ2n) is 6.63. The number of fused-ring (bicyclic) bond motifs is 1. The number of carbonyl (C=O) groups is 1. The lowest BCUT2D eigenvalue weighted by Gasteiger charge is -2.24. The van der Waals surface area contributed by atoms with Crippen LogP contribution in [0.5, 0.6) is 0 Å². The highest BCUT2D eigenvalue weighted by atomic mass is 32.2. The van der Waals surface area contributed by atoms with Crippen molar-refractivity contribution in [1.29, 1.82) is 0 Å². The van der Waals surface area contributed by atoms with Crippen LogP contribution < -0.4 is 0 Å². The molecule has 2 aromatic carbocycles. The molecule has 1 saturated heterocycles. The number of oxazole rings is 1. The van der Waals surface area contributed by atoms with Crippen molar-refractivity contribution in [3.8, 4) is 0 Å². The van der Waals surface area contributed by atoms with E-state index in [0.717, 1.165) is 17.5 Å². The van der Waals surface area contributed by atoms with Gasteiger partial charge in [-0.15, -0.1) is 11.8 Å². The van der Waals surface area contributed by atoms with Gasteiger partial charge in [-0.2, -0.15) is 0 Å². The summed E-state index contributed by atoms with van der Waals surface area (Å²) in [6.07, 6.45) is 0. The van der Waals surface area contributed by atoms with Gasteiger partial charge < -0.3 is 9.32 Å². The topological polar surface area (TPSA) is 80.5 Å². The van der Waals surface area contributed by atoms with Gasteiger partial charge in [-0.3, -0.25) is 4.79 Å². The third kappa shape index (κ3) is 4.21. The van der Waals surface area contributed by atoms with E-state index in [9.17, 15) is 17.6 Å². The van der Waals surface area contributed by atoms with E-state index in [2.05, 4.69) is 4.98 Å². The smallest absolute Gasteiger partial charge is 0.257 e. The lowest BCUT2D eigenvalue weighted by atomic mass is 10.2. The van der Waals surface area contributed by atoms with Gasteiger partial charge in [0, 0.05) is 17.9 Å². The van der Waals surface area contributed by atoms with E-state index in [1.165, 1.54) is 30.0 Å². The molecule has 3 aromatic rings. The Balaban J connectivity index is 1.47. The van der Waals surface area contributed by atoms with E-state index in [1.54, 1.807) is 36.1 Å². The Morgan fingerprint density at radius 3 is 2.90 bits per heavy atom. The quantitative estimate of drug-likeness (QED) is 0.506. The van der Waals surface area contributed by atoms with Crippen LogP contribution in [0.2, 0.25) is 0 Å². The highest BCUT2D eigenvalue weighted by Crippen LogP contribution is 2.39. The maximum absolute atomic E-state index is 14.2. The monoisotopic (exact) mass is 466 g/mol. The second-order valence-corrected chi connectivity index (χ2v) is 11.0. The van der Waals surface area contributed by atoms with Crippen LogP contribution in [0.3, 0.4) is 0 Å². The predicted molar refractivity (Wildman–Crippen MR) is 116 cm³/mol. The third-order valence-corrected chi connectivity index (χ3v) is 8.57. The summed E-state index contributed by atoms with van der Waals surface area (Å²) in [7, 11) is -3.34. The molecule has 0 N–H and O–H groups in total. The minimum Gasteiger partial charge on any atom is -0.431 e. The fourth-order valence-corrected chi connectivity index (χ4v) is 6.10. The molecule has 6 nitrogen and oxygen atoms in total. The number of hydrogen-bond donors (Lipinski definition) is 0. The Morgan fingerprint density at radius 2 is 2.13 bits per heavy atom. The van der Waals surface area contributed by atoms with Crippen LogP contribution >= 0.6 is 23.5 Å². The highest BCUT2D eigenvalue weighted by Gasteiger charge is 2.32. The minimum absolute atomic E-state index is 0.00346. The zero-order chi connectivity index (χ0) is 21.3. The van der Waals surface area contributed by atoms with Crippen LogP contribution in [0.4, 0.5) is 4.39 Å². The molecule has 1 aliphatic rings. The molecule has 1 fully saturated rings. The predicted octanol–water partition coefficient (Wildman–Crippen LogP) is 4.13. The van der Waals surface area contributed by atoms with Gasteiger partial charge in [0.05, 0.1) is 16.4 Å². The second kappa shape index (κ2) is 8.60. The van der Waals surface area contributed by atoms with Gasteiger partial charge in [0.1, 0.15) is 16.7 Å². The van der Waals surface area contributed by atoms with Crippen molar-refractivity contribution in [3.05, 3.63) is 53.8 Å². The van der Waals surface area contributed by atoms with Gasteiger partial charge >= 0.3 is 0 Å². The average molecular weight is 467 g/mol. The number of sulfone groups is 1. The Kier molecular flexibility index (Phi) is 6.08. The Hall–Kier alpha value is -2.04. The summed E-state index contributed by atoms with van der Waals surface area (Å²) in [5.74, 6) is 0.392. The summed E-state index contributed by atoms with van der Waals surface area (Å²) in [4.78, 5) is 18.9. The van der Waals surface area contributed by atoms with Gasteiger partial charge in [-0.1, -0.05) is 36.9 Å². The number of hydrogen-bond acceptors (Lipinski definition) is 7. The van der Waals surface area contributed by atoms with Crippen LogP contribution in [0.25, 0.3) is 11.1 Å². The molecule has 2 heterocycles.